The van der Waals surface area contributed by atoms with Crippen LogP contribution < -0.4 is 21.3 Å². The van der Waals surface area contributed by atoms with Crippen LogP contribution in [-0.4, -0.2) is 39.7 Å². The molecule has 0 atom stereocenters. The molecule has 0 aliphatic carbocycles. The highest BCUT2D eigenvalue weighted by Crippen LogP contribution is 2.41. The minimum absolute atomic E-state index is 0.471. The number of nitrogens with zero attached hydrogens (tertiary/aromatic N) is 2. The zero-order valence-corrected chi connectivity index (χ0v) is 17.1. The number of hydrogen-bond donors (Lipinski definition) is 3. The van der Waals surface area contributed by atoms with Gasteiger partial charge in [-0.05, 0) is 42.2 Å². The second-order valence-electron chi connectivity index (χ2n) is 6.94. The fraction of sp³-hybridized carbons (Fsp3) is 0.304. The van der Waals surface area contributed by atoms with Crippen molar-refractivity contribution in [3.05, 3.63) is 53.7 Å². The van der Waals surface area contributed by atoms with E-state index < -0.39 is 0 Å². The number of carbonyl (C=O) groups excluding carboxylic acids is 1. The summed E-state index contributed by atoms with van der Waals surface area (Å²) in [5, 5.41) is 6.70. The SMILES string of the molecule is CN=CC(=CN)c1ccc2c(c1)N(c1cccc(NC)c1NCCC=O)CCC2. The number of fused-ring (bicyclic) bond motifs is 1. The van der Waals surface area contributed by atoms with Crippen LogP contribution in [0.5, 0.6) is 0 Å². The standard InChI is InChI=1S/C23H29N5O/c1-25-16-19(15-24)18-10-9-17-6-4-12-28(22(17)14-18)21-8-3-7-20(26-2)23(21)27-11-5-13-29/h3,7-10,13-16,26-27H,4-6,11-12,24H2,1-2H3. The number of aryl methyl sites for hydroxylation is 1. The molecular weight excluding hydrogens is 362 g/mol. The van der Waals surface area contributed by atoms with Crippen molar-refractivity contribution in [1.29, 1.82) is 0 Å². The summed E-state index contributed by atoms with van der Waals surface area (Å²) in [5.41, 5.74) is 13.4. The van der Waals surface area contributed by atoms with Crippen LogP contribution in [0.15, 0.2) is 47.6 Å². The molecule has 1 heterocycles. The van der Waals surface area contributed by atoms with E-state index in [4.69, 9.17) is 5.73 Å². The summed E-state index contributed by atoms with van der Waals surface area (Å²) in [7, 11) is 3.66. The maximum atomic E-state index is 10.8. The van der Waals surface area contributed by atoms with Gasteiger partial charge in [0, 0.05) is 57.3 Å². The highest BCUT2D eigenvalue weighted by Gasteiger charge is 2.22. The van der Waals surface area contributed by atoms with Crippen LogP contribution in [0.25, 0.3) is 5.57 Å². The first-order valence-electron chi connectivity index (χ1n) is 9.96. The molecule has 2 aromatic rings. The molecule has 0 radical (unpaired) electrons. The molecule has 0 unspecified atom stereocenters. The van der Waals surface area contributed by atoms with Gasteiger partial charge in [0.15, 0.2) is 0 Å². The number of carbonyl (C=O) groups is 1. The van der Waals surface area contributed by atoms with Gasteiger partial charge in [-0.15, -0.1) is 0 Å². The van der Waals surface area contributed by atoms with Gasteiger partial charge in [0.05, 0.1) is 17.1 Å². The smallest absolute Gasteiger partial charge is 0.121 e. The molecule has 0 saturated carbocycles. The first-order chi connectivity index (χ1) is 14.2. The van der Waals surface area contributed by atoms with Crippen molar-refractivity contribution in [3.8, 4) is 0 Å². The average molecular weight is 392 g/mol. The normalized spacial score (nSPS) is 14.0. The molecule has 3 rings (SSSR count). The number of nitrogens with one attached hydrogen (secondary N) is 2. The van der Waals surface area contributed by atoms with E-state index >= 15 is 0 Å². The van der Waals surface area contributed by atoms with Gasteiger partial charge in [-0.1, -0.05) is 18.2 Å². The number of benzene rings is 2. The van der Waals surface area contributed by atoms with Gasteiger partial charge < -0.3 is 26.1 Å². The van der Waals surface area contributed by atoms with Crippen molar-refractivity contribution in [2.24, 2.45) is 10.7 Å². The average Bonchev–Trinajstić information content (AvgIpc) is 2.77. The van der Waals surface area contributed by atoms with Crippen molar-refractivity contribution in [2.45, 2.75) is 19.3 Å². The molecule has 0 aromatic heterocycles. The molecule has 6 nitrogen and oxygen atoms in total. The Balaban J connectivity index is 2.07. The van der Waals surface area contributed by atoms with Gasteiger partial charge >= 0.3 is 0 Å². The van der Waals surface area contributed by atoms with Crippen molar-refractivity contribution in [2.75, 3.05) is 42.7 Å². The molecule has 0 spiro atoms. The zero-order valence-electron chi connectivity index (χ0n) is 17.1. The van der Waals surface area contributed by atoms with Crippen LogP contribution in [0.3, 0.4) is 0 Å². The van der Waals surface area contributed by atoms with Crippen LogP contribution in [0.1, 0.15) is 24.0 Å². The summed E-state index contributed by atoms with van der Waals surface area (Å²) in [6.07, 6.45) is 6.92. The molecule has 0 saturated heterocycles. The Labute approximate surface area is 172 Å². The summed E-state index contributed by atoms with van der Waals surface area (Å²) in [6.45, 7) is 1.53. The molecule has 4 N–H and O–H groups in total. The van der Waals surface area contributed by atoms with Crippen molar-refractivity contribution in [1.82, 2.24) is 0 Å². The Morgan fingerprint density at radius 2 is 2.14 bits per heavy atom. The van der Waals surface area contributed by atoms with E-state index in [-0.39, 0.29) is 0 Å². The second-order valence-corrected chi connectivity index (χ2v) is 6.94. The lowest BCUT2D eigenvalue weighted by atomic mass is 9.96. The van der Waals surface area contributed by atoms with E-state index in [1.807, 2.05) is 13.1 Å². The lowest BCUT2D eigenvalue weighted by Gasteiger charge is -2.34. The number of anilines is 4. The van der Waals surface area contributed by atoms with Gasteiger partial charge in [0.25, 0.3) is 0 Å². The molecule has 1 aliphatic heterocycles. The topological polar surface area (TPSA) is 82.8 Å². The maximum absolute atomic E-state index is 10.8. The summed E-state index contributed by atoms with van der Waals surface area (Å²) >= 11 is 0. The van der Waals surface area contributed by atoms with Crippen LogP contribution in [-0.2, 0) is 11.2 Å². The number of rotatable bonds is 8. The number of hydrogen-bond acceptors (Lipinski definition) is 6. The number of para-hydroxylation sites is 1. The van der Waals surface area contributed by atoms with Crippen molar-refractivity contribution < 1.29 is 4.79 Å². The fourth-order valence-electron chi connectivity index (χ4n) is 3.77. The molecule has 0 bridgehead atoms. The molecular formula is C23H29N5O. The van der Waals surface area contributed by atoms with Crippen LogP contribution in [0.4, 0.5) is 22.7 Å². The first kappa shape index (κ1) is 20.5. The van der Waals surface area contributed by atoms with E-state index in [9.17, 15) is 4.79 Å². The summed E-state index contributed by atoms with van der Waals surface area (Å²) < 4.78 is 0. The molecule has 152 valence electrons. The van der Waals surface area contributed by atoms with Crippen LogP contribution in [0.2, 0.25) is 0 Å². The molecule has 1 aliphatic rings. The minimum atomic E-state index is 0.471. The summed E-state index contributed by atoms with van der Waals surface area (Å²) in [5.74, 6) is 0. The van der Waals surface area contributed by atoms with Gasteiger partial charge in [0.2, 0.25) is 0 Å². The molecule has 0 fully saturated rings. The molecule has 6 heteroatoms. The van der Waals surface area contributed by atoms with Gasteiger partial charge in [-0.25, -0.2) is 0 Å². The van der Waals surface area contributed by atoms with E-state index in [0.29, 0.717) is 13.0 Å². The van der Waals surface area contributed by atoms with Crippen molar-refractivity contribution >= 4 is 40.8 Å². The number of allylic oxidation sites excluding steroid dienone is 1. The predicted molar refractivity (Wildman–Crippen MR) is 124 cm³/mol. The number of nitrogens with two attached hydrogens (primary N) is 1. The van der Waals surface area contributed by atoms with E-state index in [0.717, 1.165) is 53.9 Å². The lowest BCUT2D eigenvalue weighted by Crippen LogP contribution is -2.26. The largest absolute Gasteiger partial charge is 0.404 e. The Hall–Kier alpha value is -3.28. The maximum Gasteiger partial charge on any atom is 0.121 e. The summed E-state index contributed by atoms with van der Waals surface area (Å²) in [6, 6.07) is 12.7. The highest BCUT2D eigenvalue weighted by atomic mass is 16.1. The van der Waals surface area contributed by atoms with Crippen LogP contribution in [0, 0.1) is 0 Å². The third-order valence-electron chi connectivity index (χ3n) is 5.15. The van der Waals surface area contributed by atoms with E-state index in [1.54, 1.807) is 19.5 Å². The van der Waals surface area contributed by atoms with Gasteiger partial charge in [0.1, 0.15) is 6.29 Å². The molecule has 29 heavy (non-hydrogen) atoms. The first-order valence-corrected chi connectivity index (χ1v) is 9.96. The number of aldehydes is 1. The number of aliphatic imine (C=N–C) groups is 1. The quantitative estimate of drug-likeness (QED) is 0.362. The molecule has 2 aromatic carbocycles. The third-order valence-corrected chi connectivity index (χ3v) is 5.15. The van der Waals surface area contributed by atoms with Crippen LogP contribution >= 0.6 is 0 Å². The Bertz CT molecular complexity index is 919. The fourth-order valence-corrected chi connectivity index (χ4v) is 3.77. The summed E-state index contributed by atoms with van der Waals surface area (Å²) in [4.78, 5) is 17.3. The van der Waals surface area contributed by atoms with E-state index in [1.165, 1.54) is 11.3 Å². The van der Waals surface area contributed by atoms with Crippen molar-refractivity contribution in [3.63, 3.8) is 0 Å². The second kappa shape index (κ2) is 9.78. The third kappa shape index (κ3) is 4.42. The highest BCUT2D eigenvalue weighted by molar-refractivity contribution is 6.10. The Morgan fingerprint density at radius 3 is 2.86 bits per heavy atom. The molecule has 0 amide bonds. The van der Waals surface area contributed by atoms with E-state index in [2.05, 4.69) is 50.9 Å². The lowest BCUT2D eigenvalue weighted by molar-refractivity contribution is -0.107. The Kier molecular flexibility index (Phi) is 6.89. The predicted octanol–water partition coefficient (Wildman–Crippen LogP) is 3.81. The minimum Gasteiger partial charge on any atom is -0.404 e. The van der Waals surface area contributed by atoms with Gasteiger partial charge in [-0.2, -0.15) is 0 Å². The zero-order chi connectivity index (χ0) is 20.6. The monoisotopic (exact) mass is 391 g/mol. The van der Waals surface area contributed by atoms with Gasteiger partial charge in [-0.3, -0.25) is 4.99 Å². The Morgan fingerprint density at radius 1 is 1.28 bits per heavy atom.